The molecule has 0 aromatic carbocycles. The summed E-state index contributed by atoms with van der Waals surface area (Å²) in [4.78, 5) is 25.5. The highest BCUT2D eigenvalue weighted by Gasteiger charge is 2.23. The molecule has 0 aliphatic carbocycles. The first-order chi connectivity index (χ1) is 33.0. The Morgan fingerprint density at radius 2 is 0.853 bits per heavy atom. The summed E-state index contributed by atoms with van der Waals surface area (Å²) in [5.74, 6) is -0.198. The molecule has 0 heterocycles. The lowest BCUT2D eigenvalue weighted by atomic mass is 10.0. The van der Waals surface area contributed by atoms with Gasteiger partial charge in [-0.3, -0.25) is 9.36 Å². The summed E-state index contributed by atoms with van der Waals surface area (Å²) >= 11 is 0. The number of unbranched alkanes of at least 4 members (excludes halogenated alkanes) is 37. The predicted octanol–water partition coefficient (Wildman–Crippen LogP) is 17.1. The third-order valence-electron chi connectivity index (χ3n) is 13.3. The molecule has 0 saturated heterocycles. The summed E-state index contributed by atoms with van der Waals surface area (Å²) < 4.78 is 23.4. The van der Waals surface area contributed by atoms with Gasteiger partial charge in [0, 0.05) is 6.42 Å². The van der Waals surface area contributed by atoms with E-state index in [9.17, 15) is 19.4 Å². The van der Waals surface area contributed by atoms with E-state index in [1.165, 1.54) is 218 Å². The van der Waals surface area contributed by atoms with E-state index in [0.717, 1.165) is 44.9 Å². The number of carbonyl (C=O) groups excluding carboxylic acids is 1. The first kappa shape index (κ1) is 66.7. The van der Waals surface area contributed by atoms with Crippen LogP contribution in [0.2, 0.25) is 0 Å². The topological polar surface area (TPSA) is 108 Å². The Bertz CT molecular complexity index is 1200. The number of phosphoric acid groups is 1. The van der Waals surface area contributed by atoms with Gasteiger partial charge in [-0.05, 0) is 51.4 Å². The Kier molecular flexibility index (Phi) is 49.7. The van der Waals surface area contributed by atoms with Crippen molar-refractivity contribution >= 4 is 13.7 Å². The Hall–Kier alpha value is -1.28. The number of rotatable bonds is 54. The smallest absolute Gasteiger partial charge is 0.268 e. The van der Waals surface area contributed by atoms with E-state index in [1.54, 1.807) is 6.08 Å². The minimum Gasteiger partial charge on any atom is -0.756 e. The first-order valence-electron chi connectivity index (χ1n) is 29.4. The monoisotopic (exact) mass is 979 g/mol. The molecule has 0 aliphatic heterocycles. The first-order valence-corrected chi connectivity index (χ1v) is 30.8. The van der Waals surface area contributed by atoms with Crippen LogP contribution in [0.5, 0.6) is 0 Å². The second kappa shape index (κ2) is 50.7. The van der Waals surface area contributed by atoms with Crippen molar-refractivity contribution < 1.29 is 32.9 Å². The van der Waals surface area contributed by atoms with Crippen molar-refractivity contribution in [1.82, 2.24) is 5.32 Å². The summed E-state index contributed by atoms with van der Waals surface area (Å²) in [6, 6.07) is -0.889. The zero-order valence-electron chi connectivity index (χ0n) is 45.8. The molecule has 3 atom stereocenters. The van der Waals surface area contributed by atoms with Gasteiger partial charge in [-0.1, -0.05) is 262 Å². The maximum absolute atomic E-state index is 13.0. The van der Waals surface area contributed by atoms with Crippen molar-refractivity contribution in [2.75, 3.05) is 40.9 Å². The molecule has 0 radical (unpaired) electrons. The van der Waals surface area contributed by atoms with Gasteiger partial charge in [0.15, 0.2) is 0 Å². The molecule has 2 N–H and O–H groups in total. The normalized spacial score (nSPS) is 14.2. The maximum Gasteiger partial charge on any atom is 0.268 e. The van der Waals surface area contributed by atoms with Gasteiger partial charge in [-0.15, -0.1) is 0 Å². The highest BCUT2D eigenvalue weighted by Crippen LogP contribution is 2.38. The molecular weight excluding hydrogens is 864 g/mol. The highest BCUT2D eigenvalue weighted by molar-refractivity contribution is 7.45. The van der Waals surface area contributed by atoms with Crippen molar-refractivity contribution in [2.24, 2.45) is 0 Å². The number of aliphatic hydroxyl groups excluding tert-OH is 1. The third kappa shape index (κ3) is 52.5. The van der Waals surface area contributed by atoms with Crippen molar-refractivity contribution in [2.45, 2.75) is 296 Å². The second-order valence-electron chi connectivity index (χ2n) is 21.4. The van der Waals surface area contributed by atoms with E-state index in [0.29, 0.717) is 17.4 Å². The third-order valence-corrected chi connectivity index (χ3v) is 14.3. The average molecular weight is 980 g/mol. The maximum atomic E-state index is 13.0. The molecule has 9 heteroatoms. The standard InChI is InChI=1S/C59H115N2O6P/c1-6-8-10-12-14-16-18-20-22-24-26-28-29-30-31-33-35-37-39-41-43-45-47-49-51-53-59(63)60-57(56-67-68(64,65)66-55-54-61(3,4)5)58(62)52-50-48-46-44-42-40-38-36-34-32-27-25-23-21-19-17-15-13-11-9-7-2/h26,28,30-31,50,52,57-58,62H,6-25,27,29,32-49,51,53-56H2,1-5H3,(H-,60,63,64,65)/b28-26-,31-30-,52-50+. The summed E-state index contributed by atoms with van der Waals surface area (Å²) in [5, 5.41) is 13.9. The molecule has 1 amide bonds. The molecule has 0 saturated carbocycles. The molecular formula is C59H115N2O6P. The van der Waals surface area contributed by atoms with Gasteiger partial charge in [0.05, 0.1) is 39.9 Å². The number of nitrogens with one attached hydrogen (secondary N) is 1. The molecule has 0 aliphatic rings. The van der Waals surface area contributed by atoms with Crippen LogP contribution in [0.3, 0.4) is 0 Å². The van der Waals surface area contributed by atoms with Gasteiger partial charge in [-0.2, -0.15) is 0 Å². The number of hydrogen-bond acceptors (Lipinski definition) is 6. The van der Waals surface area contributed by atoms with Crippen molar-refractivity contribution in [1.29, 1.82) is 0 Å². The minimum absolute atomic E-state index is 0.00143. The number of allylic oxidation sites excluding steroid dienone is 5. The average Bonchev–Trinajstić information content (AvgIpc) is 3.30. The van der Waals surface area contributed by atoms with Crippen molar-refractivity contribution in [3.63, 3.8) is 0 Å². The van der Waals surface area contributed by atoms with Crippen LogP contribution in [0.1, 0.15) is 284 Å². The number of likely N-dealkylation sites (N-methyl/N-ethyl adjacent to an activating group) is 1. The Balaban J connectivity index is 4.21. The number of carbonyl (C=O) groups is 1. The largest absolute Gasteiger partial charge is 0.756 e. The molecule has 0 spiro atoms. The lowest BCUT2D eigenvalue weighted by Gasteiger charge is -2.29. The zero-order chi connectivity index (χ0) is 49.9. The molecule has 402 valence electrons. The Labute approximate surface area is 423 Å². The molecule has 68 heavy (non-hydrogen) atoms. The number of quaternary nitrogens is 1. The van der Waals surface area contributed by atoms with E-state index in [2.05, 4.69) is 43.5 Å². The lowest BCUT2D eigenvalue weighted by molar-refractivity contribution is -0.870. The molecule has 0 aromatic heterocycles. The van der Waals surface area contributed by atoms with Crippen LogP contribution >= 0.6 is 7.82 Å². The van der Waals surface area contributed by atoms with Gasteiger partial charge >= 0.3 is 0 Å². The molecule has 0 rings (SSSR count). The number of nitrogens with zero attached hydrogens (tertiary/aromatic N) is 1. The molecule has 3 unspecified atom stereocenters. The van der Waals surface area contributed by atoms with Crippen molar-refractivity contribution in [3.8, 4) is 0 Å². The fraction of sp³-hybridized carbons (Fsp3) is 0.881. The van der Waals surface area contributed by atoms with E-state index < -0.39 is 20.0 Å². The van der Waals surface area contributed by atoms with Crippen LogP contribution in [-0.4, -0.2) is 68.5 Å². The summed E-state index contributed by atoms with van der Waals surface area (Å²) in [6.07, 6.45) is 65.0. The van der Waals surface area contributed by atoms with Gasteiger partial charge < -0.3 is 28.8 Å². The van der Waals surface area contributed by atoms with Gasteiger partial charge in [0.2, 0.25) is 5.91 Å². The second-order valence-corrected chi connectivity index (χ2v) is 22.8. The van der Waals surface area contributed by atoms with E-state index >= 15 is 0 Å². The number of phosphoric ester groups is 1. The lowest BCUT2D eigenvalue weighted by Crippen LogP contribution is -2.45. The van der Waals surface area contributed by atoms with E-state index in [-0.39, 0.29) is 19.1 Å². The molecule has 0 bridgehead atoms. The van der Waals surface area contributed by atoms with Gasteiger partial charge in [0.25, 0.3) is 7.82 Å². The van der Waals surface area contributed by atoms with E-state index in [1.807, 2.05) is 27.2 Å². The zero-order valence-corrected chi connectivity index (χ0v) is 46.7. The van der Waals surface area contributed by atoms with Crippen LogP contribution in [-0.2, 0) is 18.4 Å². The van der Waals surface area contributed by atoms with Gasteiger partial charge in [0.1, 0.15) is 13.2 Å². The predicted molar refractivity (Wildman–Crippen MR) is 293 cm³/mol. The highest BCUT2D eigenvalue weighted by atomic mass is 31.2. The van der Waals surface area contributed by atoms with E-state index in [4.69, 9.17) is 9.05 Å². The molecule has 0 aromatic rings. The number of hydrogen-bond donors (Lipinski definition) is 2. The fourth-order valence-corrected chi connectivity index (χ4v) is 9.44. The van der Waals surface area contributed by atoms with Crippen LogP contribution < -0.4 is 10.2 Å². The Morgan fingerprint density at radius 1 is 0.515 bits per heavy atom. The minimum atomic E-state index is -4.60. The number of amides is 1. The number of aliphatic hydroxyl groups is 1. The van der Waals surface area contributed by atoms with Crippen LogP contribution in [0.15, 0.2) is 36.5 Å². The van der Waals surface area contributed by atoms with Crippen molar-refractivity contribution in [3.05, 3.63) is 36.5 Å². The Morgan fingerprint density at radius 3 is 1.22 bits per heavy atom. The summed E-state index contributed by atoms with van der Waals surface area (Å²) in [6.45, 7) is 4.68. The fourth-order valence-electron chi connectivity index (χ4n) is 8.72. The SMILES string of the molecule is CCCCCCCCCCC/C=C\C/C=C\CCCCCCCCCCCC(=O)NC(COP(=O)([O-])OCC[N+](C)(C)C)C(O)/C=C/CCCCCCCCCCCCCCCCCCCCC. The summed E-state index contributed by atoms with van der Waals surface area (Å²) in [5.41, 5.74) is 0. The van der Waals surface area contributed by atoms with Crippen LogP contribution in [0, 0.1) is 0 Å². The molecule has 0 fully saturated rings. The van der Waals surface area contributed by atoms with Crippen LogP contribution in [0.4, 0.5) is 0 Å². The van der Waals surface area contributed by atoms with Gasteiger partial charge in [-0.25, -0.2) is 0 Å². The molecule has 8 nitrogen and oxygen atoms in total. The quantitative estimate of drug-likeness (QED) is 0.0272. The van der Waals surface area contributed by atoms with Crippen LogP contribution in [0.25, 0.3) is 0 Å². The summed E-state index contributed by atoms with van der Waals surface area (Å²) in [7, 11) is 1.27.